The summed E-state index contributed by atoms with van der Waals surface area (Å²) in [7, 11) is 0. The van der Waals surface area contributed by atoms with Crippen molar-refractivity contribution >= 4 is 49.4 Å². The minimum Gasteiger partial charge on any atom is -0.455 e. The van der Waals surface area contributed by atoms with Crippen LogP contribution in [0.2, 0.25) is 0 Å². The van der Waals surface area contributed by atoms with E-state index in [0.717, 1.165) is 20.9 Å². The molecule has 0 heterocycles. The second kappa shape index (κ2) is 6.26. The van der Waals surface area contributed by atoms with Crippen LogP contribution >= 0.6 is 31.9 Å². The van der Waals surface area contributed by atoms with Gasteiger partial charge in [-0.1, -0.05) is 6.92 Å². The zero-order chi connectivity index (χ0) is 14.9. The van der Waals surface area contributed by atoms with Crippen molar-refractivity contribution in [3.8, 4) is 0 Å². The summed E-state index contributed by atoms with van der Waals surface area (Å²) in [5.41, 5.74) is 1.70. The molecule has 0 saturated heterocycles. The number of esters is 1. The monoisotopic (exact) mass is 403 g/mol. The Kier molecular flexibility index (Phi) is 4.86. The van der Waals surface area contributed by atoms with Crippen LogP contribution in [0.5, 0.6) is 0 Å². The van der Waals surface area contributed by atoms with Gasteiger partial charge in [-0.05, 0) is 68.8 Å². The molecule has 20 heavy (non-hydrogen) atoms. The number of carbonyl (C=O) groups excluding carboxylic acids is 2. The van der Waals surface area contributed by atoms with Crippen LogP contribution in [-0.2, 0) is 14.3 Å². The number of amides is 1. The van der Waals surface area contributed by atoms with E-state index in [-0.39, 0.29) is 24.4 Å². The number of anilines is 1. The zero-order valence-corrected chi connectivity index (χ0v) is 14.4. The molecule has 1 saturated carbocycles. The highest BCUT2D eigenvalue weighted by Crippen LogP contribution is 2.38. The first-order valence-corrected chi connectivity index (χ1v) is 7.89. The van der Waals surface area contributed by atoms with Crippen LogP contribution < -0.4 is 5.32 Å². The number of hydrogen-bond acceptors (Lipinski definition) is 3. The molecule has 0 aliphatic heterocycles. The van der Waals surface area contributed by atoms with Crippen LogP contribution in [-0.4, -0.2) is 18.5 Å². The second-order valence-corrected chi connectivity index (χ2v) is 6.79. The number of hydrogen-bond donors (Lipinski definition) is 1. The quantitative estimate of drug-likeness (QED) is 0.779. The Morgan fingerprint density at radius 3 is 2.40 bits per heavy atom. The summed E-state index contributed by atoms with van der Waals surface area (Å²) >= 11 is 6.79. The third-order valence-corrected chi connectivity index (χ3v) is 4.46. The normalized spacial score (nSPS) is 20.4. The molecule has 2 atom stereocenters. The summed E-state index contributed by atoms with van der Waals surface area (Å²) in [6, 6.07) is 3.80. The fraction of sp³-hybridized carbons (Fsp3) is 0.429. The zero-order valence-electron chi connectivity index (χ0n) is 11.2. The Balaban J connectivity index is 1.90. The molecule has 108 valence electrons. The topological polar surface area (TPSA) is 55.4 Å². The summed E-state index contributed by atoms with van der Waals surface area (Å²) in [6.07, 6.45) is 0.857. The summed E-state index contributed by atoms with van der Waals surface area (Å²) in [5.74, 6) is -0.279. The fourth-order valence-corrected chi connectivity index (χ4v) is 3.50. The molecule has 0 bridgehead atoms. The average molecular weight is 405 g/mol. The third-order valence-electron chi connectivity index (χ3n) is 3.21. The van der Waals surface area contributed by atoms with E-state index in [1.165, 1.54) is 0 Å². The first-order valence-electron chi connectivity index (χ1n) is 6.30. The van der Waals surface area contributed by atoms with Crippen molar-refractivity contribution < 1.29 is 14.3 Å². The van der Waals surface area contributed by atoms with Crippen LogP contribution in [0.15, 0.2) is 21.1 Å². The highest BCUT2D eigenvalue weighted by Gasteiger charge is 2.40. The van der Waals surface area contributed by atoms with Crippen molar-refractivity contribution in [2.24, 2.45) is 11.8 Å². The lowest BCUT2D eigenvalue weighted by atomic mass is 10.2. The van der Waals surface area contributed by atoms with Gasteiger partial charge < -0.3 is 10.1 Å². The molecule has 6 heteroatoms. The van der Waals surface area contributed by atoms with E-state index in [1.807, 2.05) is 26.0 Å². The molecule has 4 nitrogen and oxygen atoms in total. The lowest BCUT2D eigenvalue weighted by Gasteiger charge is -2.11. The summed E-state index contributed by atoms with van der Waals surface area (Å²) < 4.78 is 6.55. The van der Waals surface area contributed by atoms with E-state index < -0.39 is 0 Å². The lowest BCUT2D eigenvalue weighted by Crippen LogP contribution is -2.22. The minimum atomic E-state index is -0.350. The predicted octanol–water partition coefficient (Wildman–Crippen LogP) is 3.66. The number of benzene rings is 1. The molecule has 1 aromatic rings. The van der Waals surface area contributed by atoms with E-state index >= 15 is 0 Å². The maximum atomic E-state index is 11.8. The smallest absolute Gasteiger partial charge is 0.309 e. The van der Waals surface area contributed by atoms with Gasteiger partial charge in [-0.3, -0.25) is 9.59 Å². The summed E-state index contributed by atoms with van der Waals surface area (Å²) in [6.45, 7) is 3.70. The van der Waals surface area contributed by atoms with E-state index in [9.17, 15) is 9.59 Å². The Hall–Kier alpha value is -0.880. The van der Waals surface area contributed by atoms with Crippen molar-refractivity contribution in [1.29, 1.82) is 0 Å². The number of aryl methyl sites for hydroxylation is 1. The van der Waals surface area contributed by atoms with Crippen LogP contribution in [0.25, 0.3) is 0 Å². The molecule has 2 rings (SSSR count). The highest BCUT2D eigenvalue weighted by molar-refractivity contribution is 9.11. The molecule has 0 unspecified atom stereocenters. The van der Waals surface area contributed by atoms with E-state index in [0.29, 0.717) is 11.6 Å². The van der Waals surface area contributed by atoms with Gasteiger partial charge >= 0.3 is 5.97 Å². The van der Waals surface area contributed by atoms with Crippen molar-refractivity contribution in [2.75, 3.05) is 11.9 Å². The van der Waals surface area contributed by atoms with Gasteiger partial charge in [0, 0.05) is 8.95 Å². The Morgan fingerprint density at radius 1 is 1.35 bits per heavy atom. The average Bonchev–Trinajstić information content (AvgIpc) is 3.08. The van der Waals surface area contributed by atoms with Crippen LogP contribution in [0.3, 0.4) is 0 Å². The summed E-state index contributed by atoms with van der Waals surface area (Å²) in [4.78, 5) is 23.3. The number of rotatable bonds is 4. The first-order chi connectivity index (χ1) is 9.38. The standard InChI is InChI=1S/C14H15Br2NO3/c1-7-3-10(15)13(11(16)4-7)17-12(18)6-20-14(19)9-5-8(9)2/h3-4,8-9H,5-6H2,1-2H3,(H,17,18)/t8-,9-/m1/s1. The molecule has 0 aromatic heterocycles. The minimum absolute atomic E-state index is 0.0272. The molecular formula is C14H15Br2NO3. The molecule has 1 aliphatic carbocycles. The molecular weight excluding hydrogens is 390 g/mol. The number of halogens is 2. The van der Waals surface area contributed by atoms with Crippen molar-refractivity contribution in [2.45, 2.75) is 20.3 Å². The van der Waals surface area contributed by atoms with E-state index in [4.69, 9.17) is 4.74 Å². The number of nitrogens with one attached hydrogen (secondary N) is 1. The van der Waals surface area contributed by atoms with Gasteiger partial charge in [0.2, 0.25) is 0 Å². The van der Waals surface area contributed by atoms with E-state index in [1.54, 1.807) is 0 Å². The second-order valence-electron chi connectivity index (χ2n) is 5.08. The molecule has 1 amide bonds. The maximum absolute atomic E-state index is 11.8. The number of carbonyl (C=O) groups is 2. The van der Waals surface area contributed by atoms with Gasteiger partial charge in [0.25, 0.3) is 5.91 Å². The molecule has 1 N–H and O–H groups in total. The Morgan fingerprint density at radius 2 is 1.90 bits per heavy atom. The summed E-state index contributed by atoms with van der Waals surface area (Å²) in [5, 5.41) is 2.72. The maximum Gasteiger partial charge on any atom is 0.309 e. The van der Waals surface area contributed by atoms with Crippen molar-refractivity contribution in [1.82, 2.24) is 0 Å². The van der Waals surface area contributed by atoms with Crippen molar-refractivity contribution in [3.63, 3.8) is 0 Å². The van der Waals surface area contributed by atoms with Crippen LogP contribution in [0, 0.1) is 18.8 Å². The fourth-order valence-electron chi connectivity index (χ4n) is 1.89. The molecule has 0 radical (unpaired) electrons. The van der Waals surface area contributed by atoms with Crippen LogP contribution in [0.4, 0.5) is 5.69 Å². The molecule has 1 fully saturated rings. The number of ether oxygens (including phenoxy) is 1. The molecule has 1 aromatic carbocycles. The Labute approximate surface area is 134 Å². The van der Waals surface area contributed by atoms with Gasteiger partial charge in [0.05, 0.1) is 11.6 Å². The van der Waals surface area contributed by atoms with Gasteiger partial charge in [-0.15, -0.1) is 0 Å². The largest absolute Gasteiger partial charge is 0.455 e. The molecule has 1 aliphatic rings. The molecule has 0 spiro atoms. The first kappa shape index (κ1) is 15.5. The van der Waals surface area contributed by atoms with Crippen LogP contribution in [0.1, 0.15) is 18.9 Å². The van der Waals surface area contributed by atoms with Gasteiger partial charge in [0.15, 0.2) is 6.61 Å². The SMILES string of the molecule is Cc1cc(Br)c(NC(=O)COC(=O)[C@@H]2C[C@H]2C)c(Br)c1. The van der Waals surface area contributed by atoms with E-state index in [2.05, 4.69) is 37.2 Å². The van der Waals surface area contributed by atoms with Gasteiger partial charge in [0.1, 0.15) is 0 Å². The Bertz CT molecular complexity index is 536. The highest BCUT2D eigenvalue weighted by atomic mass is 79.9. The third kappa shape index (κ3) is 3.82. The van der Waals surface area contributed by atoms with Gasteiger partial charge in [-0.25, -0.2) is 0 Å². The lowest BCUT2D eigenvalue weighted by molar-refractivity contribution is -0.148. The van der Waals surface area contributed by atoms with Crippen molar-refractivity contribution in [3.05, 3.63) is 26.6 Å². The predicted molar refractivity (Wildman–Crippen MR) is 83.4 cm³/mol. The van der Waals surface area contributed by atoms with Gasteiger partial charge in [-0.2, -0.15) is 0 Å².